The minimum atomic E-state index is 0. The van der Waals surface area contributed by atoms with Crippen LogP contribution in [0.5, 0.6) is 0 Å². The standard InChI is InChI=1S/C53H77N2.C4H10O.HI.Mg/c1-38(54-52-48(42-25-13-5-14-26-42)34-46(40-21-9-3-10-22-40)35-49(52)43-27-15-6-16-28-43)33-39(2)55-53-50(44-29-17-7-18-30-44)36-47(41-23-11-4-12-24-41)37-51(53)45-31-19-8-20-32-45;1-3-5-4-2;;/h33-37,40-45H,3-32H2,1-2H3;3-4H2,1-2H3;1H;/q-1;;;+2/b38-33-,55-39?;;;. The van der Waals surface area contributed by atoms with E-state index in [0.29, 0.717) is 23.7 Å². The quantitative estimate of drug-likeness (QED) is 0.128. The second-order valence-corrected chi connectivity index (χ2v) is 20.6. The molecular weight excluding hydrogens is 880 g/mol. The molecule has 0 unspecified atom stereocenters. The van der Waals surface area contributed by atoms with Crippen molar-refractivity contribution < 1.29 is 33.7 Å². The summed E-state index contributed by atoms with van der Waals surface area (Å²) in [5.41, 5.74) is 15.3. The summed E-state index contributed by atoms with van der Waals surface area (Å²) < 4.78 is 4.83. The van der Waals surface area contributed by atoms with E-state index in [1.165, 1.54) is 215 Å². The third-order valence-electron chi connectivity index (χ3n) is 16.2. The van der Waals surface area contributed by atoms with Gasteiger partial charge in [-0.25, -0.2) is 4.99 Å². The van der Waals surface area contributed by atoms with Crippen LogP contribution in [0, 0.1) is 0 Å². The fourth-order valence-electron chi connectivity index (χ4n) is 12.9. The first-order valence-corrected chi connectivity index (χ1v) is 26.5. The minimum Gasteiger partial charge on any atom is -1.00 e. The van der Waals surface area contributed by atoms with Crippen LogP contribution in [0.4, 0.5) is 11.4 Å². The molecular formula is C57H88IMgN2O+. The summed E-state index contributed by atoms with van der Waals surface area (Å²) in [6, 6.07) is 10.9. The van der Waals surface area contributed by atoms with Crippen molar-refractivity contribution in [1.82, 2.24) is 0 Å². The van der Waals surface area contributed by atoms with Gasteiger partial charge in [-0.1, -0.05) is 146 Å². The number of ether oxygens (including phenoxy) is 1. The zero-order chi connectivity index (χ0) is 41.5. The van der Waals surface area contributed by atoms with Crippen molar-refractivity contribution in [3.05, 3.63) is 74.7 Å². The Morgan fingerprint density at radius 1 is 0.484 bits per heavy atom. The zero-order valence-electron chi connectivity index (χ0n) is 40.4. The van der Waals surface area contributed by atoms with Crippen LogP contribution in [0.1, 0.15) is 289 Å². The molecule has 0 aliphatic heterocycles. The second kappa shape index (κ2) is 27.7. The topological polar surface area (TPSA) is 37.3 Å². The summed E-state index contributed by atoms with van der Waals surface area (Å²) in [6.07, 6.45) is 44.1. The fourth-order valence-corrected chi connectivity index (χ4v) is 12.9. The number of allylic oxidation sites excluding steroid dienone is 2. The molecule has 0 atom stereocenters. The predicted molar refractivity (Wildman–Crippen MR) is 264 cm³/mol. The predicted octanol–water partition coefficient (Wildman–Crippen LogP) is 13.4. The Labute approximate surface area is 414 Å². The van der Waals surface area contributed by atoms with Crippen LogP contribution in [0.3, 0.4) is 0 Å². The summed E-state index contributed by atoms with van der Waals surface area (Å²) in [5.74, 6) is 4.26. The molecule has 0 bridgehead atoms. The molecule has 2 aromatic carbocycles. The van der Waals surface area contributed by atoms with E-state index in [2.05, 4.69) is 49.2 Å². The van der Waals surface area contributed by atoms with Crippen LogP contribution in [-0.2, 0) is 4.74 Å². The fraction of sp³-hybridized carbons (Fsp3) is 0.737. The summed E-state index contributed by atoms with van der Waals surface area (Å²) in [6.45, 7) is 10.3. The summed E-state index contributed by atoms with van der Waals surface area (Å²) in [7, 11) is 0. The molecule has 6 aliphatic carbocycles. The van der Waals surface area contributed by atoms with Crippen molar-refractivity contribution in [2.45, 2.75) is 256 Å². The van der Waals surface area contributed by atoms with Crippen molar-refractivity contribution in [2.24, 2.45) is 0 Å². The van der Waals surface area contributed by atoms with Crippen molar-refractivity contribution in [3.63, 3.8) is 0 Å². The van der Waals surface area contributed by atoms with Gasteiger partial charge in [-0.15, -0.1) is 5.69 Å². The molecule has 0 radical (unpaired) electrons. The number of benzene rings is 2. The third kappa shape index (κ3) is 14.6. The Kier molecular flexibility index (Phi) is 23.2. The Bertz CT molecular complexity index is 1580. The molecule has 0 heterocycles. The number of halogens is 1. The average Bonchev–Trinajstić information content (AvgIpc) is 3.31. The van der Waals surface area contributed by atoms with E-state index in [9.17, 15) is 0 Å². The summed E-state index contributed by atoms with van der Waals surface area (Å²) in [4.78, 5) is 4.21. The summed E-state index contributed by atoms with van der Waals surface area (Å²) in [5, 5.41) is 5.78. The Morgan fingerprint density at radius 3 is 1.08 bits per heavy atom. The molecule has 0 saturated heterocycles. The van der Waals surface area contributed by atoms with Gasteiger partial charge in [0.25, 0.3) is 0 Å². The number of nitrogens with zero attached hydrogens (tertiary/aromatic N) is 1. The van der Waals surface area contributed by atoms with Crippen LogP contribution in [0.2, 0.25) is 0 Å². The first-order chi connectivity index (χ1) is 29.5. The van der Waals surface area contributed by atoms with Crippen molar-refractivity contribution in [1.29, 1.82) is 0 Å². The minimum absolute atomic E-state index is 0. The van der Waals surface area contributed by atoms with Gasteiger partial charge in [-0.3, -0.25) is 0 Å². The molecule has 6 fully saturated rings. The van der Waals surface area contributed by atoms with Crippen molar-refractivity contribution >= 4 is 40.1 Å². The third-order valence-corrected chi connectivity index (χ3v) is 16.2. The molecule has 2 aromatic rings. The number of hydrogen-bond donors (Lipinski definition) is 1. The van der Waals surface area contributed by atoms with E-state index < -0.39 is 0 Å². The monoisotopic (exact) mass is 968 g/mol. The van der Waals surface area contributed by atoms with Crippen LogP contribution in [0.15, 0.2) is 36.0 Å². The van der Waals surface area contributed by atoms with Gasteiger partial charge in [0.1, 0.15) is 0 Å². The maximum atomic E-state index is 5.78. The molecule has 0 spiro atoms. The van der Waals surface area contributed by atoms with E-state index in [-0.39, 0.29) is 47.0 Å². The van der Waals surface area contributed by atoms with E-state index in [1.807, 2.05) is 13.8 Å². The van der Waals surface area contributed by atoms with Gasteiger partial charge >= 0.3 is 23.1 Å². The van der Waals surface area contributed by atoms with Crippen LogP contribution >= 0.6 is 0 Å². The van der Waals surface area contributed by atoms with Gasteiger partial charge < -0.3 is 34.0 Å². The molecule has 6 saturated carbocycles. The van der Waals surface area contributed by atoms with Gasteiger partial charge in [0.2, 0.25) is 5.69 Å². The van der Waals surface area contributed by atoms with Gasteiger partial charge in [0, 0.05) is 31.3 Å². The largest absolute Gasteiger partial charge is 2.00 e. The number of rotatable bonds is 12. The average molecular weight is 969 g/mol. The van der Waals surface area contributed by atoms with Crippen molar-refractivity contribution in [2.75, 3.05) is 13.2 Å². The maximum absolute atomic E-state index is 5.78. The second-order valence-electron chi connectivity index (χ2n) is 20.6. The van der Waals surface area contributed by atoms with Crippen LogP contribution in [-0.4, -0.2) is 42.0 Å². The van der Waals surface area contributed by atoms with E-state index in [0.717, 1.165) is 25.0 Å². The molecule has 0 aromatic heterocycles. The Morgan fingerprint density at radius 2 is 0.774 bits per heavy atom. The van der Waals surface area contributed by atoms with Crippen molar-refractivity contribution in [3.8, 4) is 0 Å². The first-order valence-electron chi connectivity index (χ1n) is 26.5. The molecule has 5 heteroatoms. The molecule has 8 rings (SSSR count). The number of nitrogens with one attached hydrogen (secondary N) is 1. The maximum Gasteiger partial charge on any atom is 2.00 e. The Hall–Kier alpha value is -0.894. The normalized spacial score (nSPS) is 22.3. The molecule has 6 aliphatic rings. The van der Waals surface area contributed by atoms with Gasteiger partial charge in [0.15, 0.2) is 5.71 Å². The zero-order valence-corrected chi connectivity index (χ0v) is 44.0. The SMILES string of the molecule is CC(/C=C(/C)[N-]c1c(C2CCCCC2)cc(C2CCCCC2)cc1C1CCCCC1)=[NH+]c1c(C2CCCCC2)cc(C2CCCCC2)cc1C1CCCCC1.CCOCC.[I-].[Mg+2]. The first kappa shape index (κ1) is 52.1. The van der Waals surface area contributed by atoms with Gasteiger partial charge in [-0.2, -0.15) is 5.70 Å². The Balaban J connectivity index is 0.000000982. The smallest absolute Gasteiger partial charge is 1.00 e. The van der Waals surface area contributed by atoms with Gasteiger partial charge in [0.05, 0.1) is 0 Å². The van der Waals surface area contributed by atoms with Crippen LogP contribution in [0.25, 0.3) is 5.32 Å². The van der Waals surface area contributed by atoms with E-state index in [4.69, 9.17) is 10.1 Å². The van der Waals surface area contributed by atoms with Crippen LogP contribution < -0.4 is 29.0 Å². The molecule has 0 amide bonds. The van der Waals surface area contributed by atoms with E-state index in [1.54, 1.807) is 33.4 Å². The summed E-state index contributed by atoms with van der Waals surface area (Å²) >= 11 is 0. The van der Waals surface area contributed by atoms with Gasteiger partial charge in [-0.05, 0) is 156 Å². The number of hydrogen-bond acceptors (Lipinski definition) is 1. The molecule has 62 heavy (non-hydrogen) atoms. The molecule has 340 valence electrons. The van der Waals surface area contributed by atoms with E-state index >= 15 is 0 Å². The molecule has 1 N–H and O–H groups in total. The molecule has 3 nitrogen and oxygen atoms in total.